The molecule has 3 aliphatic heterocycles. The Morgan fingerprint density at radius 2 is 1.38 bits per heavy atom. The van der Waals surface area contributed by atoms with E-state index in [9.17, 15) is 9.59 Å². The highest BCUT2D eigenvalue weighted by Gasteiger charge is 2.56. The molecule has 0 bridgehead atoms. The second-order valence-electron chi connectivity index (χ2n) is 13.1. The fourth-order valence-corrected chi connectivity index (χ4v) is 7.46. The summed E-state index contributed by atoms with van der Waals surface area (Å²) in [4.78, 5) is 35.3. The van der Waals surface area contributed by atoms with Crippen LogP contribution in [0.5, 0.6) is 0 Å². The van der Waals surface area contributed by atoms with Gasteiger partial charge in [-0.3, -0.25) is 14.5 Å². The minimum atomic E-state index is -0.787. The highest BCUT2D eigenvalue weighted by molar-refractivity contribution is 6.00. The summed E-state index contributed by atoms with van der Waals surface area (Å²) in [6.07, 6.45) is 6.93. The summed E-state index contributed by atoms with van der Waals surface area (Å²) in [5, 5.41) is 3.12. The molecule has 0 aliphatic carbocycles. The van der Waals surface area contributed by atoms with Gasteiger partial charge in [0, 0.05) is 38.8 Å². The third kappa shape index (κ3) is 7.83. The van der Waals surface area contributed by atoms with Crippen molar-refractivity contribution in [2.75, 3.05) is 39.3 Å². The zero-order chi connectivity index (χ0) is 30.9. The molecule has 1 spiro atoms. The van der Waals surface area contributed by atoms with Crippen molar-refractivity contribution < 1.29 is 14.3 Å². The maximum atomic E-state index is 14.3. The van der Waals surface area contributed by atoms with Crippen LogP contribution in [-0.4, -0.2) is 83.5 Å². The maximum Gasteiger partial charge on any atom is 0.248 e. The van der Waals surface area contributed by atoms with Crippen LogP contribution in [-0.2, 0) is 33.9 Å². The van der Waals surface area contributed by atoms with Crippen molar-refractivity contribution in [3.8, 4) is 0 Å². The molecule has 0 saturated carbocycles. The predicted octanol–water partition coefficient (Wildman–Crippen LogP) is 5.05. The molecule has 0 aromatic heterocycles. The number of amides is 2. The Hall–Kier alpha value is -3.52. The summed E-state index contributed by atoms with van der Waals surface area (Å²) >= 11 is 0. The summed E-state index contributed by atoms with van der Waals surface area (Å²) < 4.78 is 5.99. The van der Waals surface area contributed by atoms with Gasteiger partial charge in [0.2, 0.25) is 11.8 Å². The Balaban J connectivity index is 1.08. The molecule has 2 unspecified atom stereocenters. The number of unbranched alkanes of at least 4 members (excludes halogenated alkanes) is 2. The molecule has 7 heteroatoms. The zero-order valence-corrected chi connectivity index (χ0v) is 26.5. The second-order valence-corrected chi connectivity index (χ2v) is 13.1. The number of likely N-dealkylation sites (tertiary alicyclic amines) is 2. The summed E-state index contributed by atoms with van der Waals surface area (Å²) in [7, 11) is 0. The summed E-state index contributed by atoms with van der Waals surface area (Å²) in [6.45, 7) is 5.90. The fourth-order valence-electron chi connectivity index (χ4n) is 7.46. The van der Waals surface area contributed by atoms with Crippen LogP contribution < -0.4 is 5.32 Å². The van der Waals surface area contributed by atoms with Crippen LogP contribution in [0.15, 0.2) is 91.0 Å². The van der Waals surface area contributed by atoms with Crippen molar-refractivity contribution in [1.29, 1.82) is 0 Å². The lowest BCUT2D eigenvalue weighted by molar-refractivity contribution is -0.166. The third-order valence-electron chi connectivity index (χ3n) is 9.95. The molecule has 3 aromatic rings. The standard InChI is InChI=1S/C38H48N4O3/c43-36-35(30-45-29-33-18-9-3-10-19-33)39-37(44)38(42(36)34-20-24-41(28-34)27-32-16-7-2-8-17-32)21-25-40(26-22-38)23-12-4-11-15-31-13-5-1-6-14-31/h1-3,5-10,13-14,16-19,34-35H,4,11-12,15,20-30H2,(H,39,44). The van der Waals surface area contributed by atoms with Crippen LogP contribution in [0, 0.1) is 0 Å². The number of aryl methyl sites for hydroxylation is 1. The molecule has 7 nitrogen and oxygen atoms in total. The van der Waals surface area contributed by atoms with Gasteiger partial charge >= 0.3 is 0 Å². The van der Waals surface area contributed by atoms with Crippen LogP contribution in [0.4, 0.5) is 0 Å². The Morgan fingerprint density at radius 1 is 0.733 bits per heavy atom. The van der Waals surface area contributed by atoms with E-state index in [4.69, 9.17) is 4.74 Å². The molecule has 3 saturated heterocycles. The summed E-state index contributed by atoms with van der Waals surface area (Å²) in [5.41, 5.74) is 2.95. The smallest absolute Gasteiger partial charge is 0.248 e. The lowest BCUT2D eigenvalue weighted by Gasteiger charge is -2.53. The normalized spacial score (nSPS) is 22.2. The Kier molecular flexibility index (Phi) is 10.6. The van der Waals surface area contributed by atoms with Gasteiger partial charge in [-0.05, 0) is 61.8 Å². The zero-order valence-electron chi connectivity index (χ0n) is 26.5. The lowest BCUT2D eigenvalue weighted by atomic mass is 9.80. The minimum absolute atomic E-state index is 0.000526. The third-order valence-corrected chi connectivity index (χ3v) is 9.95. The number of piperazine rings is 1. The van der Waals surface area contributed by atoms with Gasteiger partial charge in [-0.2, -0.15) is 0 Å². The van der Waals surface area contributed by atoms with Gasteiger partial charge in [0.1, 0.15) is 11.6 Å². The number of carbonyl (C=O) groups excluding carboxylic acids is 2. The molecule has 3 heterocycles. The number of nitrogens with one attached hydrogen (secondary N) is 1. The summed E-state index contributed by atoms with van der Waals surface area (Å²) in [6, 6.07) is 30.6. The van der Waals surface area contributed by atoms with Crippen LogP contribution in [0.2, 0.25) is 0 Å². The second kappa shape index (κ2) is 15.2. The first-order valence-electron chi connectivity index (χ1n) is 16.9. The lowest BCUT2D eigenvalue weighted by Crippen LogP contribution is -2.75. The predicted molar refractivity (Wildman–Crippen MR) is 177 cm³/mol. The number of ether oxygens (including phenoxy) is 1. The molecule has 238 valence electrons. The molecular weight excluding hydrogens is 560 g/mol. The molecule has 3 aliphatic rings. The number of hydrogen-bond donors (Lipinski definition) is 1. The first kappa shape index (κ1) is 31.5. The summed E-state index contributed by atoms with van der Waals surface area (Å²) in [5.74, 6) is 0.0167. The van der Waals surface area contributed by atoms with Crippen molar-refractivity contribution in [1.82, 2.24) is 20.0 Å². The van der Waals surface area contributed by atoms with E-state index < -0.39 is 11.6 Å². The van der Waals surface area contributed by atoms with Crippen LogP contribution >= 0.6 is 0 Å². The number of nitrogens with zero attached hydrogens (tertiary/aromatic N) is 3. The fraction of sp³-hybridized carbons (Fsp3) is 0.474. The Labute approximate surface area is 268 Å². The van der Waals surface area contributed by atoms with E-state index in [1.165, 1.54) is 24.0 Å². The average Bonchev–Trinajstić information content (AvgIpc) is 3.53. The van der Waals surface area contributed by atoms with E-state index >= 15 is 0 Å². The SMILES string of the molecule is O=C1C(COCc2ccccc2)NC(=O)C2(CCN(CCCCCc3ccccc3)CC2)N1C1CCN(Cc2ccccc2)C1. The van der Waals surface area contributed by atoms with Gasteiger partial charge in [-0.15, -0.1) is 0 Å². The van der Waals surface area contributed by atoms with Gasteiger partial charge in [0.05, 0.1) is 13.2 Å². The van der Waals surface area contributed by atoms with Crippen molar-refractivity contribution in [2.45, 2.75) is 75.7 Å². The molecule has 2 atom stereocenters. The van der Waals surface area contributed by atoms with Crippen molar-refractivity contribution in [3.05, 3.63) is 108 Å². The number of carbonyl (C=O) groups is 2. The van der Waals surface area contributed by atoms with Gasteiger partial charge in [0.15, 0.2) is 0 Å². The van der Waals surface area contributed by atoms with Gasteiger partial charge < -0.3 is 19.9 Å². The molecule has 3 aromatic carbocycles. The topological polar surface area (TPSA) is 65.1 Å². The monoisotopic (exact) mass is 608 g/mol. The Bertz CT molecular complexity index is 1360. The van der Waals surface area contributed by atoms with E-state index in [1.54, 1.807) is 0 Å². The van der Waals surface area contributed by atoms with E-state index in [0.29, 0.717) is 19.4 Å². The molecule has 45 heavy (non-hydrogen) atoms. The quantitative estimate of drug-likeness (QED) is 0.275. The van der Waals surface area contributed by atoms with E-state index in [0.717, 1.165) is 64.1 Å². The van der Waals surface area contributed by atoms with Gasteiger partial charge in [-0.1, -0.05) is 97.4 Å². The maximum absolute atomic E-state index is 14.3. The van der Waals surface area contributed by atoms with Crippen LogP contribution in [0.3, 0.4) is 0 Å². The van der Waals surface area contributed by atoms with Crippen LogP contribution in [0.25, 0.3) is 0 Å². The molecule has 6 rings (SSSR count). The molecule has 3 fully saturated rings. The molecule has 2 amide bonds. The van der Waals surface area contributed by atoms with Crippen molar-refractivity contribution in [2.24, 2.45) is 0 Å². The van der Waals surface area contributed by atoms with Crippen molar-refractivity contribution >= 4 is 11.8 Å². The first-order chi connectivity index (χ1) is 22.1. The highest BCUT2D eigenvalue weighted by atomic mass is 16.5. The van der Waals surface area contributed by atoms with Crippen LogP contribution in [0.1, 0.15) is 55.2 Å². The number of rotatable bonds is 13. The first-order valence-corrected chi connectivity index (χ1v) is 16.9. The average molecular weight is 609 g/mol. The van der Waals surface area contributed by atoms with E-state index in [1.807, 2.05) is 41.3 Å². The molecular formula is C38H48N4O3. The number of benzene rings is 3. The Morgan fingerprint density at radius 3 is 2.07 bits per heavy atom. The number of hydrogen-bond acceptors (Lipinski definition) is 5. The molecule has 1 N–H and O–H groups in total. The van der Waals surface area contributed by atoms with Gasteiger partial charge in [-0.25, -0.2) is 0 Å². The largest absolute Gasteiger partial charge is 0.374 e. The van der Waals surface area contributed by atoms with E-state index in [2.05, 4.69) is 69.7 Å². The highest BCUT2D eigenvalue weighted by Crippen LogP contribution is 2.37. The number of piperidine rings is 1. The van der Waals surface area contributed by atoms with Crippen molar-refractivity contribution in [3.63, 3.8) is 0 Å². The van der Waals surface area contributed by atoms with Gasteiger partial charge in [0.25, 0.3) is 0 Å². The molecule has 0 radical (unpaired) electrons. The van der Waals surface area contributed by atoms with E-state index in [-0.39, 0.29) is 24.5 Å². The minimum Gasteiger partial charge on any atom is -0.374 e.